The van der Waals surface area contributed by atoms with Gasteiger partial charge in [0.25, 0.3) is 11.8 Å². The van der Waals surface area contributed by atoms with Crippen LogP contribution in [0.1, 0.15) is 74.1 Å². The summed E-state index contributed by atoms with van der Waals surface area (Å²) < 4.78 is 0. The first-order valence-corrected chi connectivity index (χ1v) is 11.3. The molecule has 7 heteroatoms. The summed E-state index contributed by atoms with van der Waals surface area (Å²) in [6.07, 6.45) is 9.05. The Bertz CT molecular complexity index is 776. The number of rotatable bonds is 12. The fourth-order valence-corrected chi connectivity index (χ4v) is 3.51. The highest BCUT2D eigenvalue weighted by molar-refractivity contribution is 7.80. The number of hydrogen-bond acceptors (Lipinski definition) is 5. The third-order valence-electron chi connectivity index (χ3n) is 4.91. The lowest BCUT2D eigenvalue weighted by molar-refractivity contribution is -0.165. The molecule has 0 spiro atoms. The predicted molar refractivity (Wildman–Crippen MR) is 132 cm³/mol. The maximum atomic E-state index is 13.1. The number of carboxylic acids is 1. The van der Waals surface area contributed by atoms with Crippen molar-refractivity contribution < 1.29 is 24.3 Å². The van der Waals surface area contributed by atoms with E-state index in [1.807, 2.05) is 39.8 Å². The molecule has 0 aliphatic carbocycles. The van der Waals surface area contributed by atoms with Crippen molar-refractivity contribution in [3.63, 3.8) is 0 Å². The van der Waals surface area contributed by atoms with E-state index in [9.17, 15) is 24.3 Å². The molecule has 0 radical (unpaired) electrons. The number of imide groups is 1. The van der Waals surface area contributed by atoms with Gasteiger partial charge < -0.3 is 5.11 Å². The predicted octanol–water partition coefficient (Wildman–Crippen LogP) is 5.07. The summed E-state index contributed by atoms with van der Waals surface area (Å²) in [7, 11) is 0. The van der Waals surface area contributed by atoms with Crippen molar-refractivity contribution in [2.24, 2.45) is 0 Å². The zero-order chi connectivity index (χ0) is 25.1. The van der Waals surface area contributed by atoms with Crippen LogP contribution in [0.3, 0.4) is 0 Å². The van der Waals surface area contributed by atoms with E-state index in [1.165, 1.54) is 12.2 Å². The van der Waals surface area contributed by atoms with Crippen LogP contribution in [-0.2, 0) is 19.2 Å². The van der Waals surface area contributed by atoms with Gasteiger partial charge in [0.05, 0.1) is 0 Å². The molecular weight excluding hydrogens is 426 g/mol. The minimum absolute atomic E-state index is 0.523. The van der Waals surface area contributed by atoms with E-state index in [-0.39, 0.29) is 0 Å². The van der Waals surface area contributed by atoms with Crippen LogP contribution in [0.2, 0.25) is 0 Å². The minimum atomic E-state index is -2.38. The van der Waals surface area contributed by atoms with E-state index in [0.717, 1.165) is 18.1 Å². The van der Waals surface area contributed by atoms with Crippen molar-refractivity contribution in [3.8, 4) is 0 Å². The molecule has 0 saturated carbocycles. The first-order chi connectivity index (χ1) is 14.8. The van der Waals surface area contributed by atoms with Crippen molar-refractivity contribution in [2.75, 3.05) is 5.75 Å². The zero-order valence-electron chi connectivity index (χ0n) is 20.3. The van der Waals surface area contributed by atoms with Gasteiger partial charge in [-0.1, -0.05) is 34.4 Å². The van der Waals surface area contributed by atoms with E-state index >= 15 is 0 Å². The second-order valence-corrected chi connectivity index (χ2v) is 8.83. The fourth-order valence-electron chi connectivity index (χ4n) is 3.01. The zero-order valence-corrected chi connectivity index (χ0v) is 21.2. The lowest BCUT2D eigenvalue weighted by Crippen LogP contribution is -2.64. The van der Waals surface area contributed by atoms with Gasteiger partial charge >= 0.3 is 5.97 Å². The number of aliphatic carboxylic acids is 1. The summed E-state index contributed by atoms with van der Waals surface area (Å²) >= 11 is 4.04. The van der Waals surface area contributed by atoms with Crippen molar-refractivity contribution in [1.29, 1.82) is 0 Å². The number of amides is 2. The van der Waals surface area contributed by atoms with Gasteiger partial charge in [0.2, 0.25) is 5.54 Å². The third-order valence-corrected chi connectivity index (χ3v) is 5.37. The van der Waals surface area contributed by atoms with Crippen LogP contribution in [-0.4, -0.2) is 44.9 Å². The van der Waals surface area contributed by atoms with Crippen LogP contribution in [0.15, 0.2) is 46.6 Å². The lowest BCUT2D eigenvalue weighted by atomic mass is 9.93. The summed E-state index contributed by atoms with van der Waals surface area (Å²) in [5, 5.41) is 9.86. The molecular formula is C25H37NO5S. The van der Waals surface area contributed by atoms with Crippen molar-refractivity contribution in [1.82, 2.24) is 4.90 Å². The average Bonchev–Trinajstić information content (AvgIpc) is 2.64. The van der Waals surface area contributed by atoms with E-state index < -0.39 is 34.9 Å². The second kappa shape index (κ2) is 13.9. The van der Waals surface area contributed by atoms with Gasteiger partial charge in [0.1, 0.15) is 0 Å². The van der Waals surface area contributed by atoms with Gasteiger partial charge in [-0.25, -0.2) is 4.79 Å². The summed E-state index contributed by atoms with van der Waals surface area (Å²) in [6.45, 7) is 12.4. The van der Waals surface area contributed by atoms with Crippen molar-refractivity contribution in [2.45, 2.75) is 79.7 Å². The Kier molecular flexibility index (Phi) is 12.8. The minimum Gasteiger partial charge on any atom is -0.479 e. The SMILES string of the molecule is CC(=O)[C@](CS)(C(=O)O)N(C(=O)/C=C(\C)CCC=C(C)C)C(=O)/C=C(\C)CCC=C(C)C. The molecule has 1 atom stereocenters. The smallest absolute Gasteiger partial charge is 0.338 e. The molecule has 1 N–H and O–H groups in total. The van der Waals surface area contributed by atoms with Crippen LogP contribution in [0, 0.1) is 0 Å². The molecule has 0 heterocycles. The van der Waals surface area contributed by atoms with Gasteiger partial charge in [-0.2, -0.15) is 12.6 Å². The van der Waals surface area contributed by atoms with Crippen LogP contribution < -0.4 is 0 Å². The largest absolute Gasteiger partial charge is 0.479 e. The van der Waals surface area contributed by atoms with Gasteiger partial charge in [-0.15, -0.1) is 0 Å². The second-order valence-electron chi connectivity index (χ2n) is 8.51. The number of carbonyl (C=O) groups excluding carboxylic acids is 3. The highest BCUT2D eigenvalue weighted by Gasteiger charge is 2.52. The molecule has 2 amide bonds. The molecule has 0 rings (SSSR count). The Balaban J connectivity index is 6.21. The number of allylic oxidation sites excluding steroid dienone is 6. The molecule has 0 bridgehead atoms. The van der Waals surface area contributed by atoms with Crippen LogP contribution in [0.4, 0.5) is 0 Å². The monoisotopic (exact) mass is 463 g/mol. The highest BCUT2D eigenvalue weighted by Crippen LogP contribution is 2.23. The van der Waals surface area contributed by atoms with E-state index in [1.54, 1.807) is 13.8 Å². The first-order valence-electron chi connectivity index (χ1n) is 10.6. The Morgan fingerprint density at radius 2 is 1.16 bits per heavy atom. The Hall–Kier alpha value is -2.41. The van der Waals surface area contributed by atoms with Crippen LogP contribution >= 0.6 is 12.6 Å². The summed E-state index contributed by atoms with van der Waals surface area (Å²) in [5.41, 5.74) is 1.26. The quantitative estimate of drug-likeness (QED) is 0.182. The lowest BCUT2D eigenvalue weighted by Gasteiger charge is -2.35. The average molecular weight is 464 g/mol. The number of carbonyl (C=O) groups is 4. The van der Waals surface area contributed by atoms with Crippen LogP contribution in [0.25, 0.3) is 0 Å². The Morgan fingerprint density at radius 3 is 1.41 bits per heavy atom. The standard InChI is InChI=1S/C25H37NO5S/c1-17(2)10-8-12-19(5)14-22(28)26(25(16-32,21(7)27)24(30)31)23(29)15-20(6)13-9-11-18(3)4/h10-11,14-15,32H,8-9,12-13,16H2,1-7H3,(H,30,31)/b19-14+,20-15+/t25-/m1/s1. The van der Waals surface area contributed by atoms with E-state index in [4.69, 9.17) is 0 Å². The maximum Gasteiger partial charge on any atom is 0.338 e. The molecule has 0 aromatic heterocycles. The van der Waals surface area contributed by atoms with E-state index in [0.29, 0.717) is 41.7 Å². The summed E-state index contributed by atoms with van der Waals surface area (Å²) in [6, 6.07) is 0. The molecule has 0 unspecified atom stereocenters. The number of carboxylic acid groups (broad SMARTS) is 1. The number of hydrogen-bond donors (Lipinski definition) is 2. The number of thiol groups is 1. The van der Waals surface area contributed by atoms with Gasteiger partial charge in [-0.3, -0.25) is 19.3 Å². The van der Waals surface area contributed by atoms with Gasteiger partial charge in [-0.05, 0) is 74.1 Å². The van der Waals surface area contributed by atoms with Crippen LogP contribution in [0.5, 0.6) is 0 Å². The highest BCUT2D eigenvalue weighted by atomic mass is 32.1. The van der Waals surface area contributed by atoms with E-state index in [2.05, 4.69) is 12.6 Å². The molecule has 0 aromatic rings. The van der Waals surface area contributed by atoms with Gasteiger partial charge in [0.15, 0.2) is 5.78 Å². The number of Topliss-reactive ketones (excluding diaryl/α,β-unsaturated/α-hetero) is 1. The van der Waals surface area contributed by atoms with Crippen molar-refractivity contribution >= 4 is 36.2 Å². The molecule has 0 aliphatic heterocycles. The molecule has 32 heavy (non-hydrogen) atoms. The van der Waals surface area contributed by atoms with Crippen molar-refractivity contribution in [3.05, 3.63) is 46.6 Å². The summed E-state index contributed by atoms with van der Waals surface area (Å²) in [5.74, 6) is -4.64. The summed E-state index contributed by atoms with van der Waals surface area (Å²) in [4.78, 5) is 51.3. The Morgan fingerprint density at radius 1 is 0.781 bits per heavy atom. The molecule has 6 nitrogen and oxygen atoms in total. The molecule has 0 aliphatic rings. The number of ketones is 1. The normalized spacial score (nSPS) is 13.6. The molecule has 0 saturated heterocycles. The molecule has 178 valence electrons. The Labute approximate surface area is 197 Å². The fraction of sp³-hybridized carbons (Fsp3) is 0.520. The topological polar surface area (TPSA) is 91.8 Å². The molecule has 0 fully saturated rings. The first kappa shape index (κ1) is 29.6. The van der Waals surface area contributed by atoms with Gasteiger partial charge in [0, 0.05) is 17.9 Å². The maximum absolute atomic E-state index is 13.1. The number of nitrogens with zero attached hydrogens (tertiary/aromatic N) is 1. The molecule has 0 aromatic carbocycles. The third kappa shape index (κ3) is 8.99.